The lowest BCUT2D eigenvalue weighted by Crippen LogP contribution is -2.41. The van der Waals surface area contributed by atoms with Gasteiger partial charge in [0.15, 0.2) is 12.4 Å². The van der Waals surface area contributed by atoms with Gasteiger partial charge in [0.1, 0.15) is 0 Å². The Labute approximate surface area is 143 Å². The summed E-state index contributed by atoms with van der Waals surface area (Å²) in [4.78, 5) is 45.0. The molecule has 0 aromatic heterocycles. The summed E-state index contributed by atoms with van der Waals surface area (Å²) in [7, 11) is 1.26. The maximum atomic E-state index is 11.9. The molecule has 0 bridgehead atoms. The van der Waals surface area contributed by atoms with Crippen LogP contribution in [-0.4, -0.2) is 49.0 Å². The zero-order valence-electron chi connectivity index (χ0n) is 14.0. The van der Waals surface area contributed by atoms with Crippen molar-refractivity contribution < 1.29 is 28.8 Å². The number of hydrogen-bond donors (Lipinski definition) is 2. The maximum Gasteiger partial charge on any atom is 0.338 e. The third-order valence-corrected chi connectivity index (χ3v) is 2.84. The number of nitrogens with zero attached hydrogens (tertiary/aromatic N) is 1. The predicted molar refractivity (Wildman–Crippen MR) is 86.2 cm³/mol. The lowest BCUT2D eigenvalue weighted by atomic mass is 10.2. The summed E-state index contributed by atoms with van der Waals surface area (Å²) >= 11 is 0. The molecule has 25 heavy (non-hydrogen) atoms. The molecule has 0 atom stereocenters. The molecule has 1 aromatic rings. The summed E-state index contributed by atoms with van der Waals surface area (Å²) in [5, 5.41) is 15.8. The highest BCUT2D eigenvalue weighted by Crippen LogP contribution is 2.27. The van der Waals surface area contributed by atoms with E-state index >= 15 is 0 Å². The number of nitrogens with one attached hydrogen (secondary N) is 2. The van der Waals surface area contributed by atoms with E-state index in [4.69, 9.17) is 9.47 Å². The van der Waals surface area contributed by atoms with Gasteiger partial charge in [0.05, 0.1) is 24.1 Å². The van der Waals surface area contributed by atoms with Gasteiger partial charge in [-0.15, -0.1) is 0 Å². The molecule has 1 aromatic carbocycles. The minimum atomic E-state index is -0.910. The van der Waals surface area contributed by atoms with Gasteiger partial charge in [-0.2, -0.15) is 0 Å². The number of esters is 1. The second kappa shape index (κ2) is 9.21. The first kappa shape index (κ1) is 19.9. The first-order chi connectivity index (χ1) is 11.7. The molecule has 0 saturated carbocycles. The van der Waals surface area contributed by atoms with Gasteiger partial charge in [0.2, 0.25) is 5.91 Å². The van der Waals surface area contributed by atoms with E-state index in [2.05, 4.69) is 10.6 Å². The van der Waals surface area contributed by atoms with Crippen molar-refractivity contribution in [1.29, 1.82) is 0 Å². The van der Waals surface area contributed by atoms with E-state index in [0.29, 0.717) is 0 Å². The normalized spacial score (nSPS) is 10.1. The number of carbonyl (C=O) groups excluding carboxylic acids is 3. The zero-order chi connectivity index (χ0) is 19.0. The van der Waals surface area contributed by atoms with Crippen LogP contribution < -0.4 is 15.4 Å². The summed E-state index contributed by atoms with van der Waals surface area (Å²) in [6, 6.07) is 3.47. The monoisotopic (exact) mass is 353 g/mol. The van der Waals surface area contributed by atoms with Crippen molar-refractivity contribution in [3.63, 3.8) is 0 Å². The molecule has 0 radical (unpaired) electrons. The Morgan fingerprint density at radius 2 is 1.92 bits per heavy atom. The van der Waals surface area contributed by atoms with Crippen molar-refractivity contribution in [2.45, 2.75) is 19.9 Å². The van der Waals surface area contributed by atoms with Gasteiger partial charge >= 0.3 is 11.7 Å². The van der Waals surface area contributed by atoms with Crippen LogP contribution in [0, 0.1) is 10.1 Å². The number of nitro benzene ring substituents is 1. The molecule has 10 nitrogen and oxygen atoms in total. The van der Waals surface area contributed by atoms with Crippen molar-refractivity contribution in [3.05, 3.63) is 33.9 Å². The molecule has 0 aliphatic carbocycles. The van der Waals surface area contributed by atoms with Crippen LogP contribution in [0.15, 0.2) is 18.2 Å². The topological polar surface area (TPSA) is 137 Å². The molecular weight excluding hydrogens is 334 g/mol. The summed E-state index contributed by atoms with van der Waals surface area (Å²) in [5.74, 6) is -1.96. The van der Waals surface area contributed by atoms with E-state index in [9.17, 15) is 24.5 Å². The van der Waals surface area contributed by atoms with E-state index in [0.717, 1.165) is 6.07 Å². The maximum absolute atomic E-state index is 11.9. The molecule has 0 spiro atoms. The summed E-state index contributed by atoms with van der Waals surface area (Å²) in [5.41, 5.74) is -0.496. The van der Waals surface area contributed by atoms with E-state index in [-0.39, 0.29) is 29.8 Å². The number of rotatable bonds is 8. The summed E-state index contributed by atoms with van der Waals surface area (Å²) < 4.78 is 9.59. The molecule has 0 fully saturated rings. The molecular formula is C15H19N3O7. The number of carbonyl (C=O) groups is 3. The molecule has 0 unspecified atom stereocenters. The highest BCUT2D eigenvalue weighted by molar-refractivity contribution is 5.93. The largest absolute Gasteiger partial charge is 0.490 e. The second-order valence-electron chi connectivity index (χ2n) is 5.22. The number of ether oxygens (including phenoxy) is 2. The number of hydrogen-bond acceptors (Lipinski definition) is 7. The lowest BCUT2D eigenvalue weighted by Gasteiger charge is -2.09. The van der Waals surface area contributed by atoms with Crippen molar-refractivity contribution >= 4 is 23.5 Å². The molecule has 0 aliphatic rings. The van der Waals surface area contributed by atoms with Crippen molar-refractivity contribution in [3.8, 4) is 5.75 Å². The molecule has 1 rings (SSSR count). The molecule has 0 aliphatic heterocycles. The Balaban J connectivity index is 2.56. The van der Waals surface area contributed by atoms with E-state index in [1.165, 1.54) is 19.2 Å². The molecule has 2 amide bonds. The second-order valence-corrected chi connectivity index (χ2v) is 5.22. The van der Waals surface area contributed by atoms with Crippen LogP contribution >= 0.6 is 0 Å². The first-order valence-electron chi connectivity index (χ1n) is 7.30. The third kappa shape index (κ3) is 6.45. The Morgan fingerprint density at radius 3 is 2.48 bits per heavy atom. The lowest BCUT2D eigenvalue weighted by molar-refractivity contribution is -0.385. The molecule has 0 saturated heterocycles. The summed E-state index contributed by atoms with van der Waals surface area (Å²) in [6.07, 6.45) is 0. The molecule has 2 N–H and O–H groups in total. The molecule has 136 valence electrons. The average molecular weight is 353 g/mol. The fourth-order valence-electron chi connectivity index (χ4n) is 1.78. The third-order valence-electron chi connectivity index (χ3n) is 2.84. The Bertz CT molecular complexity index is 673. The van der Waals surface area contributed by atoms with Crippen LogP contribution in [0.2, 0.25) is 0 Å². The van der Waals surface area contributed by atoms with E-state index in [1.807, 2.05) is 0 Å². The van der Waals surface area contributed by atoms with Gasteiger partial charge in [0.25, 0.3) is 5.91 Å². The van der Waals surface area contributed by atoms with Gasteiger partial charge in [0, 0.05) is 12.1 Å². The predicted octanol–water partition coefficient (Wildman–Crippen LogP) is 0.401. The summed E-state index contributed by atoms with van der Waals surface area (Å²) in [6.45, 7) is 2.68. The highest BCUT2D eigenvalue weighted by Gasteiger charge is 2.19. The zero-order valence-corrected chi connectivity index (χ0v) is 14.0. The highest BCUT2D eigenvalue weighted by atomic mass is 16.6. The van der Waals surface area contributed by atoms with Crippen LogP contribution in [0.1, 0.15) is 24.2 Å². The van der Waals surface area contributed by atoms with Crippen LogP contribution in [0.25, 0.3) is 0 Å². The van der Waals surface area contributed by atoms with Crippen molar-refractivity contribution in [1.82, 2.24) is 10.6 Å². The number of benzene rings is 1. The quantitative estimate of drug-likeness (QED) is 0.392. The smallest absolute Gasteiger partial charge is 0.338 e. The number of amides is 2. The van der Waals surface area contributed by atoms with Gasteiger partial charge in [-0.1, -0.05) is 0 Å². The average Bonchev–Trinajstić information content (AvgIpc) is 2.56. The van der Waals surface area contributed by atoms with Crippen LogP contribution in [0.4, 0.5) is 5.69 Å². The fraction of sp³-hybridized carbons (Fsp3) is 0.400. The minimum Gasteiger partial charge on any atom is -0.490 e. The Kier molecular flexibility index (Phi) is 7.32. The van der Waals surface area contributed by atoms with Gasteiger partial charge in [-0.25, -0.2) is 4.79 Å². The van der Waals surface area contributed by atoms with E-state index < -0.39 is 29.1 Å². The van der Waals surface area contributed by atoms with Crippen LogP contribution in [0.5, 0.6) is 5.75 Å². The van der Waals surface area contributed by atoms with Crippen LogP contribution in [-0.2, 0) is 14.3 Å². The van der Waals surface area contributed by atoms with Gasteiger partial charge in [-0.05, 0) is 26.0 Å². The van der Waals surface area contributed by atoms with Crippen molar-refractivity contribution in [2.75, 3.05) is 20.3 Å². The number of nitro groups is 1. The number of methoxy groups -OCH3 is 1. The SMILES string of the molecule is COc1ccc(C(=O)OCC(=O)NCC(=O)NC(C)C)cc1[N+](=O)[O-]. The van der Waals surface area contributed by atoms with Crippen molar-refractivity contribution in [2.24, 2.45) is 0 Å². The molecule has 0 heterocycles. The van der Waals surface area contributed by atoms with Gasteiger partial charge in [-0.3, -0.25) is 19.7 Å². The molecule has 10 heteroatoms. The fourth-order valence-corrected chi connectivity index (χ4v) is 1.78. The first-order valence-corrected chi connectivity index (χ1v) is 7.30. The van der Waals surface area contributed by atoms with E-state index in [1.54, 1.807) is 13.8 Å². The Hall–Kier alpha value is -3.17. The minimum absolute atomic E-state index is 0.00421. The standard InChI is InChI=1S/C15H19N3O7/c1-9(2)17-13(19)7-16-14(20)8-25-15(21)10-4-5-12(24-3)11(6-10)18(22)23/h4-6,9H,7-8H2,1-3H3,(H,16,20)(H,17,19). The van der Waals surface area contributed by atoms with Crippen LogP contribution in [0.3, 0.4) is 0 Å². The Morgan fingerprint density at radius 1 is 1.24 bits per heavy atom. The van der Waals surface area contributed by atoms with Gasteiger partial charge < -0.3 is 20.1 Å².